The van der Waals surface area contributed by atoms with Crippen LogP contribution in [0.2, 0.25) is 0 Å². The minimum absolute atomic E-state index is 0.0227. The third-order valence-corrected chi connectivity index (χ3v) is 6.10. The van der Waals surface area contributed by atoms with Crippen LogP contribution in [-0.2, 0) is 19.6 Å². The molecule has 1 saturated heterocycles. The monoisotopic (exact) mass is 342 g/mol. The van der Waals surface area contributed by atoms with E-state index in [4.69, 9.17) is 0 Å². The standard InChI is InChI=1S/C14H22N4O4S/c1-10(19)4-5-13(20)17-6-8-18(9-7-17)23(21,22)14-11(2)15-16-12(14)3/h4-9H2,1-3H3,(H,15,16). The van der Waals surface area contributed by atoms with Crippen molar-refractivity contribution in [3.8, 4) is 0 Å². The van der Waals surface area contributed by atoms with Crippen LogP contribution in [0, 0.1) is 13.8 Å². The van der Waals surface area contributed by atoms with Gasteiger partial charge >= 0.3 is 0 Å². The molecule has 23 heavy (non-hydrogen) atoms. The van der Waals surface area contributed by atoms with E-state index in [2.05, 4.69) is 10.2 Å². The van der Waals surface area contributed by atoms with Crippen LogP contribution in [0.5, 0.6) is 0 Å². The Morgan fingerprint density at radius 3 is 2.22 bits per heavy atom. The summed E-state index contributed by atoms with van der Waals surface area (Å²) in [5.41, 5.74) is 0.963. The molecule has 1 N–H and O–H groups in total. The van der Waals surface area contributed by atoms with Crippen LogP contribution >= 0.6 is 0 Å². The fourth-order valence-electron chi connectivity index (χ4n) is 2.67. The Labute approximate surface area is 135 Å². The van der Waals surface area contributed by atoms with Gasteiger partial charge in [0.05, 0.1) is 11.4 Å². The van der Waals surface area contributed by atoms with Crippen LogP contribution < -0.4 is 0 Å². The summed E-state index contributed by atoms with van der Waals surface area (Å²) in [5.74, 6) is -0.126. The van der Waals surface area contributed by atoms with Gasteiger partial charge < -0.3 is 9.69 Å². The summed E-state index contributed by atoms with van der Waals surface area (Å²) in [5, 5.41) is 6.62. The number of aryl methyl sites for hydroxylation is 2. The van der Waals surface area contributed by atoms with Crippen molar-refractivity contribution in [3.63, 3.8) is 0 Å². The van der Waals surface area contributed by atoms with Gasteiger partial charge in [0.25, 0.3) is 0 Å². The SMILES string of the molecule is CC(=O)CCC(=O)N1CCN(S(=O)(=O)c2c(C)n[nH]c2C)CC1. The molecule has 0 spiro atoms. The Kier molecular flexibility index (Phi) is 5.20. The first-order chi connectivity index (χ1) is 10.7. The van der Waals surface area contributed by atoms with Crippen LogP contribution in [0.3, 0.4) is 0 Å². The maximum Gasteiger partial charge on any atom is 0.246 e. The second-order valence-electron chi connectivity index (χ2n) is 5.75. The summed E-state index contributed by atoms with van der Waals surface area (Å²) < 4.78 is 26.8. The summed E-state index contributed by atoms with van der Waals surface area (Å²) in [6.45, 7) is 5.95. The highest BCUT2D eigenvalue weighted by molar-refractivity contribution is 7.89. The smallest absolute Gasteiger partial charge is 0.246 e. The number of rotatable bonds is 5. The average molecular weight is 342 g/mol. The number of nitrogens with zero attached hydrogens (tertiary/aromatic N) is 3. The van der Waals surface area contributed by atoms with Crippen LogP contribution in [0.15, 0.2) is 4.90 Å². The van der Waals surface area contributed by atoms with Gasteiger partial charge in [0.15, 0.2) is 0 Å². The Morgan fingerprint density at radius 2 is 1.74 bits per heavy atom. The van der Waals surface area contributed by atoms with Gasteiger partial charge in [-0.1, -0.05) is 0 Å². The molecule has 1 aliphatic rings. The number of sulfonamides is 1. The molecule has 0 saturated carbocycles. The zero-order valence-electron chi connectivity index (χ0n) is 13.6. The number of nitrogens with one attached hydrogen (secondary N) is 1. The molecule has 2 heterocycles. The molecule has 0 atom stereocenters. The van der Waals surface area contributed by atoms with Gasteiger partial charge in [-0.15, -0.1) is 0 Å². The lowest BCUT2D eigenvalue weighted by Gasteiger charge is -2.34. The highest BCUT2D eigenvalue weighted by Gasteiger charge is 2.33. The van der Waals surface area contributed by atoms with Gasteiger partial charge in [0, 0.05) is 39.0 Å². The van der Waals surface area contributed by atoms with Crippen molar-refractivity contribution in [1.29, 1.82) is 0 Å². The van der Waals surface area contributed by atoms with Crippen molar-refractivity contribution in [2.75, 3.05) is 26.2 Å². The van der Waals surface area contributed by atoms with E-state index in [0.29, 0.717) is 24.5 Å². The number of hydrogen-bond acceptors (Lipinski definition) is 5. The lowest BCUT2D eigenvalue weighted by atomic mass is 10.2. The topological polar surface area (TPSA) is 103 Å². The van der Waals surface area contributed by atoms with E-state index < -0.39 is 10.0 Å². The number of hydrogen-bond donors (Lipinski definition) is 1. The predicted molar refractivity (Wildman–Crippen MR) is 83.3 cm³/mol. The van der Waals surface area contributed by atoms with Crippen molar-refractivity contribution in [2.45, 2.75) is 38.5 Å². The zero-order chi connectivity index (χ0) is 17.2. The number of ketones is 1. The summed E-state index contributed by atoms with van der Waals surface area (Å²) in [4.78, 5) is 24.8. The molecule has 9 heteroatoms. The van der Waals surface area contributed by atoms with Crippen molar-refractivity contribution in [3.05, 3.63) is 11.4 Å². The van der Waals surface area contributed by atoms with E-state index in [1.54, 1.807) is 18.7 Å². The fraction of sp³-hybridized carbons (Fsp3) is 0.643. The summed E-state index contributed by atoms with van der Waals surface area (Å²) in [6, 6.07) is 0. The number of H-pyrrole nitrogens is 1. The largest absolute Gasteiger partial charge is 0.340 e. The number of carbonyl (C=O) groups is 2. The number of carbonyl (C=O) groups excluding carboxylic acids is 2. The van der Waals surface area contributed by atoms with Crippen molar-refractivity contribution in [1.82, 2.24) is 19.4 Å². The summed E-state index contributed by atoms with van der Waals surface area (Å²) in [7, 11) is -3.61. The molecular weight excluding hydrogens is 320 g/mol. The minimum Gasteiger partial charge on any atom is -0.340 e. The highest BCUT2D eigenvalue weighted by Crippen LogP contribution is 2.22. The first-order valence-corrected chi connectivity index (χ1v) is 8.96. The molecule has 1 amide bonds. The second kappa shape index (κ2) is 6.79. The van der Waals surface area contributed by atoms with E-state index >= 15 is 0 Å². The van der Waals surface area contributed by atoms with Crippen molar-refractivity contribution in [2.24, 2.45) is 0 Å². The molecule has 128 valence electrons. The van der Waals surface area contributed by atoms with E-state index in [9.17, 15) is 18.0 Å². The molecule has 0 aliphatic carbocycles. The molecule has 0 aromatic carbocycles. The molecule has 1 aromatic heterocycles. The van der Waals surface area contributed by atoms with E-state index in [1.807, 2.05) is 0 Å². The summed E-state index contributed by atoms with van der Waals surface area (Å²) in [6.07, 6.45) is 0.410. The van der Waals surface area contributed by atoms with Gasteiger partial charge in [-0.05, 0) is 20.8 Å². The fourth-order valence-corrected chi connectivity index (χ4v) is 4.42. The molecule has 0 radical (unpaired) electrons. The minimum atomic E-state index is -3.61. The number of aromatic amines is 1. The molecule has 1 aliphatic heterocycles. The van der Waals surface area contributed by atoms with E-state index in [-0.39, 0.29) is 42.5 Å². The molecule has 1 aromatic rings. The van der Waals surface area contributed by atoms with Gasteiger partial charge in [-0.3, -0.25) is 9.89 Å². The molecular formula is C14H22N4O4S. The summed E-state index contributed by atoms with van der Waals surface area (Å²) >= 11 is 0. The Balaban J connectivity index is 2.01. The molecule has 1 fully saturated rings. The number of amides is 1. The molecule has 8 nitrogen and oxygen atoms in total. The number of Topliss-reactive ketones (excluding diaryl/α,β-unsaturated/α-hetero) is 1. The first-order valence-electron chi connectivity index (χ1n) is 7.52. The zero-order valence-corrected chi connectivity index (χ0v) is 14.4. The first kappa shape index (κ1) is 17.6. The quantitative estimate of drug-likeness (QED) is 0.825. The Bertz CT molecular complexity index is 683. The Morgan fingerprint density at radius 1 is 1.13 bits per heavy atom. The van der Waals surface area contributed by atoms with Crippen LogP contribution in [0.4, 0.5) is 0 Å². The lowest BCUT2D eigenvalue weighted by molar-refractivity contribution is -0.134. The van der Waals surface area contributed by atoms with Gasteiger partial charge in [0.1, 0.15) is 10.7 Å². The van der Waals surface area contributed by atoms with E-state index in [0.717, 1.165) is 0 Å². The van der Waals surface area contributed by atoms with Crippen LogP contribution in [0.1, 0.15) is 31.2 Å². The Hall–Kier alpha value is -1.74. The molecule has 0 unspecified atom stereocenters. The van der Waals surface area contributed by atoms with Gasteiger partial charge in [-0.2, -0.15) is 9.40 Å². The third-order valence-electron chi connectivity index (χ3n) is 3.94. The van der Waals surface area contributed by atoms with Crippen molar-refractivity contribution < 1.29 is 18.0 Å². The van der Waals surface area contributed by atoms with Crippen LogP contribution in [-0.4, -0.2) is 65.7 Å². The second-order valence-corrected chi connectivity index (χ2v) is 7.62. The van der Waals surface area contributed by atoms with Crippen LogP contribution in [0.25, 0.3) is 0 Å². The molecule has 2 rings (SSSR count). The highest BCUT2D eigenvalue weighted by atomic mass is 32.2. The van der Waals surface area contributed by atoms with E-state index in [1.165, 1.54) is 11.2 Å². The normalized spacial score (nSPS) is 16.6. The number of piperazine rings is 1. The van der Waals surface area contributed by atoms with Gasteiger partial charge in [-0.25, -0.2) is 8.42 Å². The maximum absolute atomic E-state index is 12.7. The van der Waals surface area contributed by atoms with Gasteiger partial charge in [0.2, 0.25) is 15.9 Å². The average Bonchev–Trinajstić information content (AvgIpc) is 2.84. The predicted octanol–water partition coefficient (Wildman–Crippen LogP) is 0.229. The number of aromatic nitrogens is 2. The third kappa shape index (κ3) is 3.78. The van der Waals surface area contributed by atoms with Crippen molar-refractivity contribution >= 4 is 21.7 Å². The lowest BCUT2D eigenvalue weighted by Crippen LogP contribution is -2.50. The maximum atomic E-state index is 12.7. The molecule has 0 bridgehead atoms.